The van der Waals surface area contributed by atoms with E-state index < -0.39 is 0 Å². The molecular weight excluding hydrogens is 250 g/mol. The van der Waals surface area contributed by atoms with Gasteiger partial charge in [0.2, 0.25) is 5.95 Å². The number of para-hydroxylation sites is 2. The topological polar surface area (TPSA) is 70.0 Å². The Morgan fingerprint density at radius 1 is 1.15 bits per heavy atom. The minimum atomic E-state index is 0.708. The van der Waals surface area contributed by atoms with Crippen LogP contribution in [0.4, 0.5) is 23.0 Å². The molecule has 0 saturated heterocycles. The van der Waals surface area contributed by atoms with Crippen molar-refractivity contribution in [1.29, 1.82) is 0 Å². The third-order valence-corrected chi connectivity index (χ3v) is 3.14. The lowest BCUT2D eigenvalue weighted by atomic mass is 10.2. The molecule has 20 heavy (non-hydrogen) atoms. The number of imidazole rings is 1. The van der Waals surface area contributed by atoms with Crippen LogP contribution in [0.3, 0.4) is 0 Å². The number of anilines is 4. The van der Waals surface area contributed by atoms with Crippen LogP contribution in [0.5, 0.6) is 0 Å². The number of fused-ring (bicyclic) bond motifs is 1. The minimum Gasteiger partial charge on any atom is -0.399 e. The van der Waals surface area contributed by atoms with Crippen LogP contribution in [0.15, 0.2) is 42.5 Å². The molecule has 0 aliphatic carbocycles. The first-order valence-corrected chi connectivity index (χ1v) is 6.42. The van der Waals surface area contributed by atoms with Crippen molar-refractivity contribution in [1.82, 2.24) is 9.97 Å². The molecule has 4 N–H and O–H groups in total. The number of nitrogens with one attached hydrogen (secondary N) is 2. The summed E-state index contributed by atoms with van der Waals surface area (Å²) in [6, 6.07) is 13.7. The number of benzene rings is 2. The van der Waals surface area contributed by atoms with Crippen molar-refractivity contribution in [3.8, 4) is 0 Å². The molecule has 1 aromatic heterocycles. The van der Waals surface area contributed by atoms with E-state index in [2.05, 4.69) is 26.3 Å². The number of nitrogens with two attached hydrogens (primary N) is 1. The van der Waals surface area contributed by atoms with Gasteiger partial charge in [-0.25, -0.2) is 4.98 Å². The van der Waals surface area contributed by atoms with Crippen LogP contribution < -0.4 is 16.0 Å². The fourth-order valence-corrected chi connectivity index (χ4v) is 2.18. The Morgan fingerprint density at radius 3 is 2.75 bits per heavy atom. The van der Waals surface area contributed by atoms with E-state index in [1.54, 1.807) is 0 Å². The maximum absolute atomic E-state index is 5.77. The van der Waals surface area contributed by atoms with E-state index in [-0.39, 0.29) is 0 Å². The quantitative estimate of drug-likeness (QED) is 0.638. The summed E-state index contributed by atoms with van der Waals surface area (Å²) in [6.45, 7) is 0. The van der Waals surface area contributed by atoms with E-state index >= 15 is 0 Å². The van der Waals surface area contributed by atoms with Crippen LogP contribution >= 0.6 is 0 Å². The summed E-state index contributed by atoms with van der Waals surface area (Å²) in [6.07, 6.45) is 0. The number of aromatic amines is 1. The lowest BCUT2D eigenvalue weighted by Gasteiger charge is -2.17. The molecule has 5 heteroatoms. The Kier molecular flexibility index (Phi) is 2.95. The molecule has 0 unspecified atom stereocenters. The number of hydrogen-bond acceptors (Lipinski definition) is 4. The number of nitrogens with zero attached hydrogens (tertiary/aromatic N) is 2. The van der Waals surface area contributed by atoms with E-state index in [0.29, 0.717) is 5.95 Å². The standard InChI is InChI=1S/C15H17N5/c1-20(2)14-6-4-3-5-12(14)18-15-17-11-8-7-10(16)9-13(11)19-15/h3-9H,16H2,1-2H3,(H2,17,18,19). The molecule has 0 fully saturated rings. The SMILES string of the molecule is CN(C)c1ccccc1Nc1nc2ccc(N)cc2[nH]1. The highest BCUT2D eigenvalue weighted by atomic mass is 15.2. The largest absolute Gasteiger partial charge is 0.399 e. The Morgan fingerprint density at radius 2 is 1.95 bits per heavy atom. The molecule has 0 bridgehead atoms. The average Bonchev–Trinajstić information content (AvgIpc) is 2.80. The lowest BCUT2D eigenvalue weighted by molar-refractivity contribution is 1.13. The van der Waals surface area contributed by atoms with Gasteiger partial charge in [-0.05, 0) is 30.3 Å². The van der Waals surface area contributed by atoms with Crippen molar-refractivity contribution in [3.05, 3.63) is 42.5 Å². The first kappa shape index (κ1) is 12.3. The third kappa shape index (κ3) is 2.25. The molecule has 0 aliphatic rings. The summed E-state index contributed by atoms with van der Waals surface area (Å²) in [5, 5.41) is 3.31. The second kappa shape index (κ2) is 4.77. The second-order valence-electron chi connectivity index (χ2n) is 4.90. The van der Waals surface area contributed by atoms with Gasteiger partial charge in [-0.1, -0.05) is 12.1 Å². The molecule has 102 valence electrons. The molecule has 3 aromatic rings. The molecule has 0 aliphatic heterocycles. The monoisotopic (exact) mass is 267 g/mol. The maximum atomic E-state index is 5.77. The van der Waals surface area contributed by atoms with Gasteiger partial charge in [0.15, 0.2) is 0 Å². The zero-order valence-electron chi connectivity index (χ0n) is 11.5. The summed E-state index contributed by atoms with van der Waals surface area (Å²) < 4.78 is 0. The van der Waals surface area contributed by atoms with Crippen molar-refractivity contribution in [3.63, 3.8) is 0 Å². The van der Waals surface area contributed by atoms with Gasteiger partial charge in [0, 0.05) is 19.8 Å². The zero-order chi connectivity index (χ0) is 14.1. The first-order chi connectivity index (χ1) is 9.63. The third-order valence-electron chi connectivity index (χ3n) is 3.14. The molecule has 5 nitrogen and oxygen atoms in total. The number of hydrogen-bond donors (Lipinski definition) is 3. The molecule has 0 atom stereocenters. The summed E-state index contributed by atoms with van der Waals surface area (Å²) in [7, 11) is 4.03. The van der Waals surface area contributed by atoms with Gasteiger partial charge in [0.05, 0.1) is 22.4 Å². The van der Waals surface area contributed by atoms with Crippen molar-refractivity contribution in [2.75, 3.05) is 30.0 Å². The number of aromatic nitrogens is 2. The van der Waals surface area contributed by atoms with Gasteiger partial charge in [-0.3, -0.25) is 0 Å². The summed E-state index contributed by atoms with van der Waals surface area (Å²) in [5.41, 5.74) is 10.4. The van der Waals surface area contributed by atoms with Gasteiger partial charge >= 0.3 is 0 Å². The predicted molar refractivity (Wildman–Crippen MR) is 84.6 cm³/mol. The fourth-order valence-electron chi connectivity index (χ4n) is 2.18. The fraction of sp³-hybridized carbons (Fsp3) is 0.133. The summed E-state index contributed by atoms with van der Waals surface area (Å²) >= 11 is 0. The van der Waals surface area contributed by atoms with Crippen LogP contribution in [0.1, 0.15) is 0 Å². The normalized spacial score (nSPS) is 10.7. The minimum absolute atomic E-state index is 0.708. The van der Waals surface area contributed by atoms with Crippen molar-refractivity contribution in [2.24, 2.45) is 0 Å². The Hall–Kier alpha value is -2.69. The van der Waals surface area contributed by atoms with Crippen molar-refractivity contribution in [2.45, 2.75) is 0 Å². The van der Waals surface area contributed by atoms with Crippen LogP contribution in [-0.4, -0.2) is 24.1 Å². The molecule has 0 saturated carbocycles. The molecule has 0 amide bonds. The number of rotatable bonds is 3. The molecular formula is C15H17N5. The Labute approximate surface area is 117 Å². The van der Waals surface area contributed by atoms with Crippen LogP contribution in [0.25, 0.3) is 11.0 Å². The van der Waals surface area contributed by atoms with Gasteiger partial charge in [0.1, 0.15) is 0 Å². The van der Waals surface area contributed by atoms with E-state index in [1.807, 2.05) is 50.5 Å². The number of nitrogen functional groups attached to an aromatic ring is 1. The van der Waals surface area contributed by atoms with Crippen LogP contribution in [0, 0.1) is 0 Å². The van der Waals surface area contributed by atoms with Crippen molar-refractivity contribution < 1.29 is 0 Å². The Bertz CT molecular complexity index is 745. The smallest absolute Gasteiger partial charge is 0.205 e. The molecule has 1 heterocycles. The zero-order valence-corrected chi connectivity index (χ0v) is 11.5. The average molecular weight is 267 g/mol. The number of H-pyrrole nitrogens is 1. The summed E-state index contributed by atoms with van der Waals surface area (Å²) in [4.78, 5) is 9.80. The molecule has 0 radical (unpaired) electrons. The van der Waals surface area contributed by atoms with Gasteiger partial charge in [-0.2, -0.15) is 0 Å². The maximum Gasteiger partial charge on any atom is 0.205 e. The molecule has 3 rings (SSSR count). The van der Waals surface area contributed by atoms with E-state index in [4.69, 9.17) is 5.73 Å². The highest BCUT2D eigenvalue weighted by Gasteiger charge is 2.07. The van der Waals surface area contributed by atoms with Crippen LogP contribution in [0.2, 0.25) is 0 Å². The molecule has 0 spiro atoms. The highest BCUT2D eigenvalue weighted by molar-refractivity contribution is 5.82. The summed E-state index contributed by atoms with van der Waals surface area (Å²) in [5.74, 6) is 0.708. The first-order valence-electron chi connectivity index (χ1n) is 6.42. The van der Waals surface area contributed by atoms with Gasteiger partial charge < -0.3 is 20.9 Å². The van der Waals surface area contributed by atoms with Gasteiger partial charge in [0.25, 0.3) is 0 Å². The van der Waals surface area contributed by atoms with E-state index in [9.17, 15) is 0 Å². The highest BCUT2D eigenvalue weighted by Crippen LogP contribution is 2.27. The van der Waals surface area contributed by atoms with Crippen LogP contribution in [-0.2, 0) is 0 Å². The molecule has 2 aromatic carbocycles. The van der Waals surface area contributed by atoms with E-state index in [0.717, 1.165) is 28.1 Å². The van der Waals surface area contributed by atoms with Gasteiger partial charge in [-0.15, -0.1) is 0 Å². The van der Waals surface area contributed by atoms with Crippen molar-refractivity contribution >= 4 is 34.0 Å². The Balaban J connectivity index is 1.97. The second-order valence-corrected chi connectivity index (χ2v) is 4.90. The predicted octanol–water partition coefficient (Wildman–Crippen LogP) is 2.95. The lowest BCUT2D eigenvalue weighted by Crippen LogP contribution is -2.10. The van der Waals surface area contributed by atoms with E-state index in [1.165, 1.54) is 0 Å².